The van der Waals surface area contributed by atoms with Gasteiger partial charge in [-0.2, -0.15) is 0 Å². The largest absolute Gasteiger partial charge is 0.453 e. The highest BCUT2D eigenvalue weighted by Gasteiger charge is 1.98. The molecule has 0 spiro atoms. The summed E-state index contributed by atoms with van der Waals surface area (Å²) in [6.07, 6.45) is 0. The van der Waals surface area contributed by atoms with Gasteiger partial charge in [0, 0.05) is 11.7 Å². The number of carbonyl (C=O) groups is 1. The molecule has 82 valence electrons. The zero-order valence-corrected chi connectivity index (χ0v) is 10.9. The van der Waals surface area contributed by atoms with Gasteiger partial charge in [0.15, 0.2) is 0 Å². The highest BCUT2D eigenvalue weighted by molar-refractivity contribution is 14.1. The van der Waals surface area contributed by atoms with E-state index in [0.29, 0.717) is 12.6 Å². The lowest BCUT2D eigenvalue weighted by atomic mass is 10.2. The fourth-order valence-electron chi connectivity index (χ4n) is 1.17. The van der Waals surface area contributed by atoms with Gasteiger partial charge < -0.3 is 10.1 Å². The molecule has 0 aliphatic heterocycles. The molecule has 0 aliphatic carbocycles. The van der Waals surface area contributed by atoms with Crippen LogP contribution in [0.1, 0.15) is 19.4 Å². The van der Waals surface area contributed by atoms with Crippen molar-refractivity contribution >= 4 is 32.3 Å². The van der Waals surface area contributed by atoms with Crippen molar-refractivity contribution in [3.63, 3.8) is 0 Å². The Balaban J connectivity index is 2.52. The first-order valence-electron chi connectivity index (χ1n) is 4.75. The summed E-state index contributed by atoms with van der Waals surface area (Å²) in [4.78, 5) is 10.6. The SMILES string of the molecule is CC(C)Nc1ccc(COC(=O)I)cc1. The smallest absolute Gasteiger partial charge is 0.367 e. The number of halogens is 1. The standard InChI is InChI=1S/C11H14INO2/c1-8(2)13-10-5-3-9(4-6-10)7-15-11(12)14/h3-6,8,13H,7H2,1-2H3. The number of hydrogen-bond acceptors (Lipinski definition) is 3. The Hall–Kier alpha value is -0.780. The van der Waals surface area contributed by atoms with Crippen LogP contribution in [0.4, 0.5) is 10.5 Å². The molecule has 0 bridgehead atoms. The molecule has 0 heterocycles. The summed E-state index contributed by atoms with van der Waals surface area (Å²) in [5.74, 6) is 0. The molecule has 0 fully saturated rings. The molecule has 1 aromatic rings. The minimum absolute atomic E-state index is 0.281. The van der Waals surface area contributed by atoms with Crippen LogP contribution in [0.5, 0.6) is 0 Å². The monoisotopic (exact) mass is 319 g/mol. The molecule has 1 aromatic carbocycles. The number of rotatable bonds is 4. The maximum Gasteiger partial charge on any atom is 0.367 e. The molecule has 0 saturated heterocycles. The Morgan fingerprint density at radius 2 is 2.00 bits per heavy atom. The van der Waals surface area contributed by atoms with Crippen LogP contribution >= 0.6 is 22.6 Å². The molecule has 0 unspecified atom stereocenters. The molecule has 0 radical (unpaired) electrons. The Kier molecular flexibility index (Phi) is 4.87. The molecule has 15 heavy (non-hydrogen) atoms. The molecule has 4 heteroatoms. The van der Waals surface area contributed by atoms with Crippen LogP contribution in [0, 0.1) is 0 Å². The van der Waals surface area contributed by atoms with Gasteiger partial charge in [-0.15, -0.1) is 0 Å². The summed E-state index contributed by atoms with van der Waals surface area (Å²) in [5.41, 5.74) is 2.07. The number of ether oxygens (including phenoxy) is 1. The van der Waals surface area contributed by atoms with Gasteiger partial charge in [-0.3, -0.25) is 0 Å². The lowest BCUT2D eigenvalue weighted by Gasteiger charge is -2.10. The third-order valence-electron chi connectivity index (χ3n) is 1.76. The van der Waals surface area contributed by atoms with Crippen LogP contribution in [0.25, 0.3) is 0 Å². The summed E-state index contributed by atoms with van der Waals surface area (Å²) in [6.45, 7) is 4.52. The predicted octanol–water partition coefficient (Wildman–Crippen LogP) is 3.58. The highest BCUT2D eigenvalue weighted by atomic mass is 127. The summed E-state index contributed by atoms with van der Waals surface area (Å²) >= 11 is 1.62. The maximum absolute atomic E-state index is 10.6. The van der Waals surface area contributed by atoms with Crippen LogP contribution in [0.3, 0.4) is 0 Å². The average Bonchev–Trinajstić information content (AvgIpc) is 2.16. The van der Waals surface area contributed by atoms with E-state index in [1.54, 1.807) is 22.6 Å². The lowest BCUT2D eigenvalue weighted by Crippen LogP contribution is -2.09. The van der Waals surface area contributed by atoms with Crippen LogP contribution in [0.2, 0.25) is 0 Å². The third-order valence-corrected chi connectivity index (χ3v) is 2.07. The summed E-state index contributed by atoms with van der Waals surface area (Å²) in [6, 6.07) is 8.28. The first kappa shape index (κ1) is 12.3. The van der Waals surface area contributed by atoms with Gasteiger partial charge in [-0.25, -0.2) is 4.79 Å². The van der Waals surface area contributed by atoms with Crippen LogP contribution in [-0.4, -0.2) is 10.0 Å². The van der Waals surface area contributed by atoms with E-state index in [-0.39, 0.29) is 3.98 Å². The molecule has 0 aromatic heterocycles. The molecular formula is C11H14INO2. The quantitative estimate of drug-likeness (QED) is 0.681. The fourth-order valence-corrected chi connectivity index (χ4v) is 1.33. The van der Waals surface area contributed by atoms with E-state index in [1.165, 1.54) is 0 Å². The van der Waals surface area contributed by atoms with E-state index in [0.717, 1.165) is 11.3 Å². The minimum atomic E-state index is -0.281. The van der Waals surface area contributed by atoms with Gasteiger partial charge >= 0.3 is 3.98 Å². The fraction of sp³-hybridized carbons (Fsp3) is 0.364. The van der Waals surface area contributed by atoms with Crippen molar-refractivity contribution in [2.45, 2.75) is 26.5 Å². The van der Waals surface area contributed by atoms with E-state index >= 15 is 0 Å². The van der Waals surface area contributed by atoms with Gasteiger partial charge in [0.25, 0.3) is 0 Å². The second kappa shape index (κ2) is 5.95. The number of benzene rings is 1. The second-order valence-electron chi connectivity index (χ2n) is 3.52. The Morgan fingerprint density at radius 1 is 1.40 bits per heavy atom. The molecule has 0 saturated carbocycles. The van der Waals surface area contributed by atoms with Crippen LogP contribution < -0.4 is 5.32 Å². The van der Waals surface area contributed by atoms with Crippen molar-refractivity contribution in [2.24, 2.45) is 0 Å². The van der Waals surface area contributed by atoms with Gasteiger partial charge in [-0.05, 0) is 31.5 Å². The lowest BCUT2D eigenvalue weighted by molar-refractivity contribution is 0.172. The van der Waals surface area contributed by atoms with Gasteiger partial charge in [0.2, 0.25) is 0 Å². The molecule has 3 nitrogen and oxygen atoms in total. The van der Waals surface area contributed by atoms with Crippen molar-refractivity contribution in [3.05, 3.63) is 29.8 Å². The zero-order chi connectivity index (χ0) is 11.3. The van der Waals surface area contributed by atoms with Gasteiger partial charge in [0.05, 0.1) is 22.6 Å². The first-order valence-corrected chi connectivity index (χ1v) is 5.83. The highest BCUT2D eigenvalue weighted by Crippen LogP contribution is 2.12. The van der Waals surface area contributed by atoms with E-state index < -0.39 is 0 Å². The molecular weight excluding hydrogens is 305 g/mol. The first-order chi connectivity index (χ1) is 7.08. The van der Waals surface area contributed by atoms with Gasteiger partial charge in [0.1, 0.15) is 6.61 Å². The maximum atomic E-state index is 10.6. The van der Waals surface area contributed by atoms with Crippen molar-refractivity contribution < 1.29 is 9.53 Å². The Labute approximate surface area is 103 Å². The number of nitrogens with one attached hydrogen (secondary N) is 1. The number of hydrogen-bond donors (Lipinski definition) is 1. The van der Waals surface area contributed by atoms with Crippen LogP contribution in [0.15, 0.2) is 24.3 Å². The third kappa shape index (κ3) is 5.01. The summed E-state index contributed by atoms with van der Waals surface area (Å²) < 4.78 is 4.60. The van der Waals surface area contributed by atoms with E-state index in [9.17, 15) is 4.79 Å². The number of carbonyl (C=O) groups excluding carboxylic acids is 1. The molecule has 1 rings (SSSR count). The minimum Gasteiger partial charge on any atom is -0.453 e. The molecule has 0 amide bonds. The van der Waals surface area contributed by atoms with Crippen molar-refractivity contribution in [2.75, 3.05) is 5.32 Å². The van der Waals surface area contributed by atoms with E-state index in [2.05, 4.69) is 19.2 Å². The van der Waals surface area contributed by atoms with E-state index in [4.69, 9.17) is 4.74 Å². The molecule has 1 N–H and O–H groups in total. The predicted molar refractivity (Wildman–Crippen MR) is 69.4 cm³/mol. The zero-order valence-electron chi connectivity index (χ0n) is 8.79. The van der Waals surface area contributed by atoms with Crippen LogP contribution in [-0.2, 0) is 11.3 Å². The topological polar surface area (TPSA) is 38.3 Å². The average molecular weight is 319 g/mol. The molecule has 0 atom stereocenters. The van der Waals surface area contributed by atoms with Crippen molar-refractivity contribution in [1.29, 1.82) is 0 Å². The molecule has 0 aliphatic rings. The van der Waals surface area contributed by atoms with Crippen molar-refractivity contribution in [3.8, 4) is 0 Å². The normalized spacial score (nSPS) is 10.1. The Bertz CT molecular complexity index is 322. The Morgan fingerprint density at radius 3 is 2.47 bits per heavy atom. The van der Waals surface area contributed by atoms with E-state index in [1.807, 2.05) is 24.3 Å². The summed E-state index contributed by atoms with van der Waals surface area (Å²) in [5, 5.41) is 3.29. The second-order valence-corrected chi connectivity index (χ2v) is 4.40. The number of anilines is 1. The van der Waals surface area contributed by atoms with Crippen molar-refractivity contribution in [1.82, 2.24) is 0 Å². The summed E-state index contributed by atoms with van der Waals surface area (Å²) in [7, 11) is 0. The van der Waals surface area contributed by atoms with Gasteiger partial charge in [-0.1, -0.05) is 12.1 Å².